The van der Waals surface area contributed by atoms with Gasteiger partial charge in [0.15, 0.2) is 0 Å². The van der Waals surface area contributed by atoms with Crippen LogP contribution in [0.4, 0.5) is 11.4 Å². The lowest BCUT2D eigenvalue weighted by Gasteiger charge is -2.07. The van der Waals surface area contributed by atoms with Crippen LogP contribution < -0.4 is 9.47 Å². The van der Waals surface area contributed by atoms with Crippen molar-refractivity contribution < 1.29 is 28.7 Å². The van der Waals surface area contributed by atoms with E-state index in [0.29, 0.717) is 11.4 Å². The van der Waals surface area contributed by atoms with Gasteiger partial charge in [0.25, 0.3) is 0 Å². The Hall–Kier alpha value is -4.64. The highest BCUT2D eigenvalue weighted by molar-refractivity contribution is 5.96. The van der Waals surface area contributed by atoms with Crippen molar-refractivity contribution in [2.45, 2.75) is 0 Å². The number of carbonyl (C=O) groups excluding carboxylic acids is 4. The van der Waals surface area contributed by atoms with Crippen molar-refractivity contribution in [3.63, 3.8) is 0 Å². The summed E-state index contributed by atoms with van der Waals surface area (Å²) in [7, 11) is 0. The molecule has 0 aliphatic heterocycles. The van der Waals surface area contributed by atoms with Crippen molar-refractivity contribution in [3.8, 4) is 11.5 Å². The van der Waals surface area contributed by atoms with E-state index in [-0.39, 0.29) is 22.6 Å². The van der Waals surface area contributed by atoms with Crippen molar-refractivity contribution in [2.75, 3.05) is 0 Å². The SMILES string of the molecule is O=C=Nc1ccc(OC(=O)c2cccc(C(=O)Oc3ccc(N=C=O)cc3)c2)cc1. The van der Waals surface area contributed by atoms with E-state index >= 15 is 0 Å². The molecule has 146 valence electrons. The number of aliphatic imine (C=N–C) groups is 2. The van der Waals surface area contributed by atoms with Crippen molar-refractivity contribution in [2.24, 2.45) is 9.98 Å². The Balaban J connectivity index is 1.69. The number of ether oxygens (including phenoxy) is 2. The van der Waals surface area contributed by atoms with Gasteiger partial charge in [0.1, 0.15) is 11.5 Å². The number of carbonyl (C=O) groups is 2. The predicted octanol–water partition coefficient (Wildman–Crippen LogP) is 4.06. The number of nitrogens with zero attached hydrogens (tertiary/aromatic N) is 2. The molecule has 0 spiro atoms. The average molecular weight is 400 g/mol. The van der Waals surface area contributed by atoms with Crippen LogP contribution in [0.1, 0.15) is 20.7 Å². The minimum Gasteiger partial charge on any atom is -0.423 e. The Morgan fingerprint density at radius 1 is 0.633 bits per heavy atom. The standard InChI is InChI=1S/C22H12N2O6/c25-13-23-17-4-8-19(9-5-17)29-21(27)15-2-1-3-16(12-15)22(28)30-20-10-6-18(7-11-20)24-14-26/h1-12H. The zero-order valence-electron chi connectivity index (χ0n) is 15.3. The minimum absolute atomic E-state index is 0.148. The van der Waals surface area contributed by atoms with Gasteiger partial charge in [-0.05, 0) is 66.7 Å². The first kappa shape index (κ1) is 20.1. The molecule has 0 saturated carbocycles. The molecule has 0 unspecified atom stereocenters. The number of hydrogen-bond donors (Lipinski definition) is 0. The molecule has 0 saturated heterocycles. The first-order valence-electron chi connectivity index (χ1n) is 8.49. The summed E-state index contributed by atoms with van der Waals surface area (Å²) < 4.78 is 10.5. The summed E-state index contributed by atoms with van der Waals surface area (Å²) in [5.41, 5.74) is 1.05. The topological polar surface area (TPSA) is 111 Å². The fraction of sp³-hybridized carbons (Fsp3) is 0. The third-order valence-electron chi connectivity index (χ3n) is 3.78. The van der Waals surface area contributed by atoms with Gasteiger partial charge in [-0.3, -0.25) is 0 Å². The van der Waals surface area contributed by atoms with E-state index in [4.69, 9.17) is 9.47 Å². The lowest BCUT2D eigenvalue weighted by atomic mass is 10.1. The molecule has 8 nitrogen and oxygen atoms in total. The zero-order chi connectivity index (χ0) is 21.3. The second-order valence-corrected chi connectivity index (χ2v) is 5.75. The van der Waals surface area contributed by atoms with E-state index in [2.05, 4.69) is 9.98 Å². The molecule has 8 heteroatoms. The molecule has 0 aliphatic carbocycles. The molecule has 0 fully saturated rings. The summed E-state index contributed by atoms with van der Waals surface area (Å²) in [6.45, 7) is 0. The summed E-state index contributed by atoms with van der Waals surface area (Å²) in [4.78, 5) is 52.1. The Morgan fingerprint density at radius 3 is 1.40 bits per heavy atom. The molecular weight excluding hydrogens is 388 g/mol. The van der Waals surface area contributed by atoms with Crippen molar-refractivity contribution in [1.29, 1.82) is 0 Å². The van der Waals surface area contributed by atoms with E-state index in [1.54, 1.807) is 0 Å². The molecule has 0 aromatic heterocycles. The molecular formula is C22H12N2O6. The summed E-state index contributed by atoms with van der Waals surface area (Å²) >= 11 is 0. The van der Waals surface area contributed by atoms with Gasteiger partial charge in [0, 0.05) is 0 Å². The smallest absolute Gasteiger partial charge is 0.343 e. The van der Waals surface area contributed by atoms with Gasteiger partial charge in [-0.25, -0.2) is 19.2 Å². The van der Waals surface area contributed by atoms with Crippen LogP contribution in [0.15, 0.2) is 82.8 Å². The lowest BCUT2D eigenvalue weighted by molar-refractivity contribution is 0.0734. The number of esters is 2. The fourth-order valence-electron chi connectivity index (χ4n) is 2.39. The van der Waals surface area contributed by atoms with Crippen LogP contribution in [0.5, 0.6) is 11.5 Å². The van der Waals surface area contributed by atoms with Gasteiger partial charge in [-0.2, -0.15) is 9.98 Å². The second kappa shape index (κ2) is 9.52. The summed E-state index contributed by atoms with van der Waals surface area (Å²) in [5.74, 6) is -0.855. The maximum atomic E-state index is 12.4. The van der Waals surface area contributed by atoms with E-state index in [1.165, 1.54) is 85.0 Å². The monoisotopic (exact) mass is 400 g/mol. The molecule has 0 bridgehead atoms. The third-order valence-corrected chi connectivity index (χ3v) is 3.78. The van der Waals surface area contributed by atoms with Crippen LogP contribution in [0.3, 0.4) is 0 Å². The number of hydrogen-bond acceptors (Lipinski definition) is 8. The van der Waals surface area contributed by atoms with Crippen LogP contribution in [0, 0.1) is 0 Å². The second-order valence-electron chi connectivity index (χ2n) is 5.75. The molecule has 3 aromatic rings. The first-order valence-corrected chi connectivity index (χ1v) is 8.49. The van der Waals surface area contributed by atoms with Crippen LogP contribution >= 0.6 is 0 Å². The van der Waals surface area contributed by atoms with Gasteiger partial charge in [-0.15, -0.1) is 0 Å². The van der Waals surface area contributed by atoms with Gasteiger partial charge in [0.05, 0.1) is 22.5 Å². The van der Waals surface area contributed by atoms with Gasteiger partial charge < -0.3 is 9.47 Å². The van der Waals surface area contributed by atoms with Crippen molar-refractivity contribution in [3.05, 3.63) is 83.9 Å². The molecule has 0 aliphatic rings. The molecule has 0 radical (unpaired) electrons. The Labute approximate surface area is 170 Å². The number of isocyanates is 2. The molecule has 0 amide bonds. The molecule has 0 atom stereocenters. The van der Waals surface area contributed by atoms with E-state index < -0.39 is 11.9 Å². The summed E-state index contributed by atoms with van der Waals surface area (Å²) in [6.07, 6.45) is 2.83. The normalized spacial score (nSPS) is 9.60. The maximum absolute atomic E-state index is 12.4. The Bertz CT molecular complexity index is 1080. The van der Waals surface area contributed by atoms with Gasteiger partial charge >= 0.3 is 11.9 Å². The van der Waals surface area contributed by atoms with Crippen molar-refractivity contribution >= 4 is 35.5 Å². The van der Waals surface area contributed by atoms with E-state index in [0.717, 1.165) is 0 Å². The van der Waals surface area contributed by atoms with E-state index in [1.807, 2.05) is 0 Å². The molecule has 0 heterocycles. The van der Waals surface area contributed by atoms with Crippen LogP contribution in [0.2, 0.25) is 0 Å². The summed E-state index contributed by atoms with van der Waals surface area (Å²) in [6, 6.07) is 17.7. The maximum Gasteiger partial charge on any atom is 0.343 e. The Kier molecular flexibility index (Phi) is 6.38. The molecule has 30 heavy (non-hydrogen) atoms. The zero-order valence-corrected chi connectivity index (χ0v) is 15.3. The highest BCUT2D eigenvalue weighted by Crippen LogP contribution is 2.21. The first-order chi connectivity index (χ1) is 14.6. The highest BCUT2D eigenvalue weighted by Gasteiger charge is 2.14. The lowest BCUT2D eigenvalue weighted by Crippen LogP contribution is -2.12. The third kappa shape index (κ3) is 5.21. The average Bonchev–Trinajstić information content (AvgIpc) is 2.77. The summed E-state index contributed by atoms with van der Waals surface area (Å²) in [5, 5.41) is 0. The number of rotatable bonds is 6. The molecule has 0 N–H and O–H groups in total. The predicted molar refractivity (Wildman–Crippen MR) is 105 cm³/mol. The van der Waals surface area contributed by atoms with Crippen LogP contribution in [-0.4, -0.2) is 24.1 Å². The minimum atomic E-state index is -0.674. The van der Waals surface area contributed by atoms with Crippen molar-refractivity contribution in [1.82, 2.24) is 0 Å². The largest absolute Gasteiger partial charge is 0.423 e. The van der Waals surface area contributed by atoms with Gasteiger partial charge in [0.2, 0.25) is 12.2 Å². The Morgan fingerprint density at radius 2 is 1.03 bits per heavy atom. The number of benzene rings is 3. The highest BCUT2D eigenvalue weighted by atomic mass is 16.5. The van der Waals surface area contributed by atoms with E-state index in [9.17, 15) is 19.2 Å². The molecule has 3 aromatic carbocycles. The molecule has 3 rings (SSSR count). The van der Waals surface area contributed by atoms with Gasteiger partial charge in [-0.1, -0.05) is 6.07 Å². The fourth-order valence-corrected chi connectivity index (χ4v) is 2.39. The quantitative estimate of drug-likeness (QED) is 0.267. The van der Waals surface area contributed by atoms with Crippen LogP contribution in [-0.2, 0) is 9.59 Å². The van der Waals surface area contributed by atoms with Crippen LogP contribution in [0.25, 0.3) is 0 Å².